The minimum absolute atomic E-state index is 0.0664. The number of aryl methyl sites for hydroxylation is 2. The molecular formula is C23H23NO5. The molecule has 1 amide bonds. The molecule has 1 atom stereocenters. The summed E-state index contributed by atoms with van der Waals surface area (Å²) in [5.41, 5.74) is 2.08. The van der Waals surface area contributed by atoms with Gasteiger partial charge in [0.25, 0.3) is 5.91 Å². The highest BCUT2D eigenvalue weighted by molar-refractivity contribution is 5.90. The Labute approximate surface area is 168 Å². The van der Waals surface area contributed by atoms with E-state index in [1.54, 1.807) is 18.2 Å². The number of carbonyl (C=O) groups excluding carboxylic acids is 2. The summed E-state index contributed by atoms with van der Waals surface area (Å²) in [5.74, 6) is -1.48. The first-order valence-corrected chi connectivity index (χ1v) is 9.47. The number of ether oxygens (including phenoxy) is 1. The second-order valence-electron chi connectivity index (χ2n) is 7.04. The molecule has 0 unspecified atom stereocenters. The lowest BCUT2D eigenvalue weighted by Crippen LogP contribution is -2.36. The zero-order valence-electron chi connectivity index (χ0n) is 16.4. The van der Waals surface area contributed by atoms with Crippen LogP contribution in [0.4, 0.5) is 0 Å². The number of hydrogen-bond donors (Lipinski definition) is 1. The van der Waals surface area contributed by atoms with Crippen LogP contribution in [-0.4, -0.2) is 24.5 Å². The number of nitrogens with one attached hydrogen (secondary N) is 1. The van der Waals surface area contributed by atoms with Gasteiger partial charge in [-0.15, -0.1) is 0 Å². The van der Waals surface area contributed by atoms with Crippen molar-refractivity contribution in [2.24, 2.45) is 0 Å². The van der Waals surface area contributed by atoms with Crippen LogP contribution < -0.4 is 10.7 Å². The first-order valence-electron chi connectivity index (χ1n) is 9.47. The Kier molecular flexibility index (Phi) is 6.44. The lowest BCUT2D eigenvalue weighted by molar-refractivity contribution is -0.124. The van der Waals surface area contributed by atoms with Crippen LogP contribution in [0.25, 0.3) is 11.0 Å². The number of amides is 1. The van der Waals surface area contributed by atoms with Crippen molar-refractivity contribution in [1.82, 2.24) is 5.32 Å². The molecule has 29 heavy (non-hydrogen) atoms. The third-order valence-corrected chi connectivity index (χ3v) is 4.53. The maximum absolute atomic E-state index is 12.2. The molecular weight excluding hydrogens is 370 g/mol. The van der Waals surface area contributed by atoms with E-state index in [2.05, 4.69) is 5.32 Å². The highest BCUT2D eigenvalue weighted by atomic mass is 16.5. The molecule has 1 N–H and O–H groups in total. The molecule has 1 aromatic heterocycles. The molecule has 0 aliphatic carbocycles. The third-order valence-electron chi connectivity index (χ3n) is 4.53. The van der Waals surface area contributed by atoms with E-state index in [0.29, 0.717) is 11.0 Å². The van der Waals surface area contributed by atoms with Crippen molar-refractivity contribution < 1.29 is 18.7 Å². The maximum Gasteiger partial charge on any atom is 0.374 e. The predicted molar refractivity (Wildman–Crippen MR) is 110 cm³/mol. The quantitative estimate of drug-likeness (QED) is 0.622. The summed E-state index contributed by atoms with van der Waals surface area (Å²) in [6, 6.07) is 16.1. The second kappa shape index (κ2) is 9.19. The van der Waals surface area contributed by atoms with Gasteiger partial charge < -0.3 is 14.5 Å². The van der Waals surface area contributed by atoms with E-state index in [0.717, 1.165) is 24.5 Å². The predicted octanol–water partition coefficient (Wildman–Crippen LogP) is 3.40. The lowest BCUT2D eigenvalue weighted by Gasteiger charge is -2.14. The van der Waals surface area contributed by atoms with Crippen LogP contribution >= 0.6 is 0 Å². The highest BCUT2D eigenvalue weighted by Gasteiger charge is 2.16. The van der Waals surface area contributed by atoms with Gasteiger partial charge in [-0.3, -0.25) is 9.59 Å². The van der Waals surface area contributed by atoms with Crippen LogP contribution in [0.15, 0.2) is 63.8 Å². The molecule has 6 heteroatoms. The molecule has 0 saturated carbocycles. The van der Waals surface area contributed by atoms with Gasteiger partial charge in [0.05, 0.1) is 5.39 Å². The van der Waals surface area contributed by atoms with E-state index < -0.39 is 18.5 Å². The van der Waals surface area contributed by atoms with E-state index >= 15 is 0 Å². The molecule has 0 fully saturated rings. The van der Waals surface area contributed by atoms with Crippen LogP contribution in [0.2, 0.25) is 0 Å². The Morgan fingerprint density at radius 3 is 2.62 bits per heavy atom. The SMILES string of the molecule is Cc1ccc2oc(C(=O)OCC(=O)N[C@@H](C)CCc3ccccc3)cc(=O)c2c1. The Morgan fingerprint density at radius 2 is 1.86 bits per heavy atom. The fourth-order valence-corrected chi connectivity index (χ4v) is 2.99. The average molecular weight is 393 g/mol. The monoisotopic (exact) mass is 393 g/mol. The smallest absolute Gasteiger partial charge is 0.374 e. The minimum atomic E-state index is -0.850. The topological polar surface area (TPSA) is 85.6 Å². The van der Waals surface area contributed by atoms with Crippen LogP contribution in [0.5, 0.6) is 0 Å². The van der Waals surface area contributed by atoms with E-state index in [1.165, 1.54) is 5.56 Å². The highest BCUT2D eigenvalue weighted by Crippen LogP contribution is 2.14. The summed E-state index contributed by atoms with van der Waals surface area (Å²) < 4.78 is 10.5. The molecule has 3 aromatic rings. The zero-order valence-corrected chi connectivity index (χ0v) is 16.4. The fraction of sp³-hybridized carbons (Fsp3) is 0.261. The minimum Gasteiger partial charge on any atom is -0.450 e. The normalized spacial score (nSPS) is 11.8. The van der Waals surface area contributed by atoms with Gasteiger partial charge in [-0.1, -0.05) is 42.0 Å². The number of esters is 1. The van der Waals surface area contributed by atoms with Crippen molar-refractivity contribution in [3.8, 4) is 0 Å². The largest absolute Gasteiger partial charge is 0.450 e. The van der Waals surface area contributed by atoms with Gasteiger partial charge in [-0.05, 0) is 44.4 Å². The average Bonchev–Trinajstić information content (AvgIpc) is 2.71. The van der Waals surface area contributed by atoms with E-state index in [4.69, 9.17) is 9.15 Å². The summed E-state index contributed by atoms with van der Waals surface area (Å²) in [6.45, 7) is 3.32. The molecule has 150 valence electrons. The molecule has 0 saturated heterocycles. The third kappa shape index (κ3) is 5.54. The number of benzene rings is 2. The van der Waals surface area contributed by atoms with Crippen LogP contribution in [0, 0.1) is 6.92 Å². The van der Waals surface area contributed by atoms with Crippen LogP contribution in [0.1, 0.15) is 35.0 Å². The van der Waals surface area contributed by atoms with Crippen molar-refractivity contribution in [2.75, 3.05) is 6.61 Å². The van der Waals surface area contributed by atoms with Gasteiger partial charge in [0.1, 0.15) is 5.58 Å². The molecule has 0 aliphatic heterocycles. The van der Waals surface area contributed by atoms with Crippen LogP contribution in [0.3, 0.4) is 0 Å². The van der Waals surface area contributed by atoms with E-state index in [-0.39, 0.29) is 17.2 Å². The molecule has 0 spiro atoms. The van der Waals surface area contributed by atoms with Gasteiger partial charge >= 0.3 is 5.97 Å². The summed E-state index contributed by atoms with van der Waals surface area (Å²) >= 11 is 0. The Morgan fingerprint density at radius 1 is 1.10 bits per heavy atom. The van der Waals surface area contributed by atoms with Gasteiger partial charge in [0.15, 0.2) is 12.0 Å². The molecule has 6 nitrogen and oxygen atoms in total. The lowest BCUT2D eigenvalue weighted by atomic mass is 10.1. The zero-order chi connectivity index (χ0) is 20.8. The summed E-state index contributed by atoms with van der Waals surface area (Å²) in [6.07, 6.45) is 1.60. The molecule has 0 radical (unpaired) electrons. The van der Waals surface area contributed by atoms with Gasteiger partial charge in [-0.2, -0.15) is 0 Å². The molecule has 2 aromatic carbocycles. The fourth-order valence-electron chi connectivity index (χ4n) is 2.99. The molecule has 0 bridgehead atoms. The number of carbonyl (C=O) groups is 2. The summed E-state index contributed by atoms with van der Waals surface area (Å²) in [5, 5.41) is 3.19. The summed E-state index contributed by atoms with van der Waals surface area (Å²) in [7, 11) is 0. The van der Waals surface area contributed by atoms with Crippen LogP contribution in [-0.2, 0) is 16.0 Å². The van der Waals surface area contributed by atoms with Crippen molar-refractivity contribution in [2.45, 2.75) is 32.7 Å². The first-order chi connectivity index (χ1) is 13.9. The first kappa shape index (κ1) is 20.3. The Hall–Kier alpha value is -3.41. The summed E-state index contributed by atoms with van der Waals surface area (Å²) in [4.78, 5) is 36.4. The van der Waals surface area contributed by atoms with Gasteiger partial charge in [0, 0.05) is 12.1 Å². The van der Waals surface area contributed by atoms with Crippen molar-refractivity contribution >= 4 is 22.8 Å². The van der Waals surface area contributed by atoms with Crippen molar-refractivity contribution in [3.05, 3.63) is 81.7 Å². The standard InChI is InChI=1S/C23H23NO5/c1-15-8-11-20-18(12-15)19(25)13-21(29-20)23(27)28-14-22(26)24-16(2)9-10-17-6-4-3-5-7-17/h3-8,11-13,16H,9-10,14H2,1-2H3,(H,24,26)/t16-/m0/s1. The molecule has 3 rings (SSSR count). The number of rotatable bonds is 7. The molecule has 1 heterocycles. The number of fused-ring (bicyclic) bond motifs is 1. The van der Waals surface area contributed by atoms with Crippen molar-refractivity contribution in [3.63, 3.8) is 0 Å². The molecule has 0 aliphatic rings. The Bertz CT molecular complexity index is 1070. The van der Waals surface area contributed by atoms with Gasteiger partial charge in [-0.25, -0.2) is 4.79 Å². The van der Waals surface area contributed by atoms with Gasteiger partial charge in [0.2, 0.25) is 5.76 Å². The van der Waals surface area contributed by atoms with E-state index in [9.17, 15) is 14.4 Å². The number of hydrogen-bond acceptors (Lipinski definition) is 5. The Balaban J connectivity index is 1.52. The maximum atomic E-state index is 12.2. The second-order valence-corrected chi connectivity index (χ2v) is 7.04. The van der Waals surface area contributed by atoms with E-state index in [1.807, 2.05) is 44.2 Å². The van der Waals surface area contributed by atoms with Crippen molar-refractivity contribution in [1.29, 1.82) is 0 Å².